The molecule has 0 radical (unpaired) electrons. The number of thioether (sulfide) groups is 1. The number of rotatable bonds is 10. The monoisotopic (exact) mass is 297 g/mol. The minimum absolute atomic E-state index is 0.440. The summed E-state index contributed by atoms with van der Waals surface area (Å²) < 4.78 is 0. The second kappa shape index (κ2) is 9.98. The molecule has 120 valence electrons. The molecule has 0 bridgehead atoms. The van der Waals surface area contributed by atoms with Crippen LogP contribution in [-0.4, -0.2) is 18.1 Å². The molecule has 0 nitrogen and oxygen atoms in total. The van der Waals surface area contributed by atoms with Gasteiger partial charge in [0.1, 0.15) is 0 Å². The molecule has 0 rings (SSSR count). The first kappa shape index (κ1) is 20.2. The molecule has 0 aliphatic rings. The van der Waals surface area contributed by atoms with Crippen LogP contribution in [-0.2, 0) is 0 Å². The largest absolute Gasteiger partial charge is 0.248 e. The summed E-state index contributed by atoms with van der Waals surface area (Å²) in [6.45, 7) is 16.8. The van der Waals surface area contributed by atoms with E-state index >= 15 is 0 Å². The van der Waals surface area contributed by atoms with Crippen molar-refractivity contribution < 1.29 is 0 Å². The zero-order valence-corrected chi connectivity index (χ0v) is 16.1. The van der Waals surface area contributed by atoms with Crippen LogP contribution < -0.4 is 0 Å². The van der Waals surface area contributed by atoms with E-state index in [1.54, 1.807) is 0 Å². The van der Waals surface area contributed by atoms with Gasteiger partial charge >= 0.3 is 0 Å². The van der Waals surface area contributed by atoms with Gasteiger partial charge in [0.05, 0.1) is 0 Å². The van der Waals surface area contributed by atoms with Crippen LogP contribution >= 0.6 is 11.8 Å². The third-order valence-corrected chi connectivity index (χ3v) is 6.65. The van der Waals surface area contributed by atoms with Crippen LogP contribution in [0.4, 0.5) is 0 Å². The maximum atomic E-state index is 2.65. The first-order valence-corrected chi connectivity index (χ1v) is 10.1. The van der Waals surface area contributed by atoms with Gasteiger partial charge in [-0.15, -0.1) is 11.7 Å². The van der Waals surface area contributed by atoms with Gasteiger partial charge in [0.15, 0.2) is 0 Å². The molecular weight excluding hydrogens is 259 g/mol. The summed E-state index contributed by atoms with van der Waals surface area (Å²) in [4.78, 5) is 0. The molecule has 20 heavy (non-hydrogen) atoms. The smallest absolute Gasteiger partial charge is 0.0358 e. The predicted octanol–water partition coefficient (Wildman–Crippen LogP) is 6.72. The van der Waals surface area contributed by atoms with Crippen molar-refractivity contribution in [2.24, 2.45) is 11.8 Å². The van der Waals surface area contributed by atoms with Crippen molar-refractivity contribution in [1.82, 2.24) is 0 Å². The van der Waals surface area contributed by atoms with Gasteiger partial charge in [-0.2, -0.15) is 11.6 Å². The van der Waals surface area contributed by atoms with Crippen LogP contribution in [0, 0.1) is 11.8 Å². The lowest BCUT2D eigenvalue weighted by Gasteiger charge is -2.51. The molecule has 0 aliphatic carbocycles. The SMILES string of the molecule is CCCC/C=C/[B-](CSC)(C(C)C(C)C)C(C)C(C)C. The number of allylic oxidation sites excluding steroid dienone is 1. The lowest BCUT2D eigenvalue weighted by Crippen LogP contribution is -2.48. The maximum absolute atomic E-state index is 2.65. The first-order chi connectivity index (χ1) is 9.33. The average Bonchev–Trinajstić information content (AvgIpc) is 2.40. The Bertz CT molecular complexity index is 257. The molecular formula is C18H38BS-. The molecule has 0 amide bonds. The standard InChI is InChI=1S/C18H38BS/c1-9-10-11-12-13-19(14-20-8,17(6)15(2)3)18(7)16(4)5/h12-13,15-18H,9-11,14H2,1-8H3/q-1/b13-12+. The summed E-state index contributed by atoms with van der Waals surface area (Å²) in [5, 5.41) is 0. The quantitative estimate of drug-likeness (QED) is 0.319. The van der Waals surface area contributed by atoms with Crippen molar-refractivity contribution in [1.29, 1.82) is 0 Å². The van der Waals surface area contributed by atoms with E-state index < -0.39 is 6.15 Å². The molecule has 0 heterocycles. The molecule has 0 aromatic rings. The van der Waals surface area contributed by atoms with Crippen molar-refractivity contribution in [3.63, 3.8) is 0 Å². The highest BCUT2D eigenvalue weighted by molar-refractivity contribution is 8.00. The Morgan fingerprint density at radius 1 is 0.950 bits per heavy atom. The van der Waals surface area contributed by atoms with Gasteiger partial charge < -0.3 is 0 Å². The Balaban J connectivity index is 5.37. The fraction of sp³-hybridized carbons (Fsp3) is 0.889. The molecule has 0 N–H and O–H groups in total. The molecule has 0 aromatic heterocycles. The van der Waals surface area contributed by atoms with Crippen molar-refractivity contribution >= 4 is 17.9 Å². The molecule has 0 spiro atoms. The van der Waals surface area contributed by atoms with Crippen LogP contribution in [0.3, 0.4) is 0 Å². The van der Waals surface area contributed by atoms with E-state index in [1.807, 2.05) is 11.8 Å². The van der Waals surface area contributed by atoms with E-state index in [0.717, 1.165) is 23.5 Å². The Labute approximate surface area is 133 Å². The van der Waals surface area contributed by atoms with Crippen molar-refractivity contribution in [3.8, 4) is 0 Å². The lowest BCUT2D eigenvalue weighted by atomic mass is 9.13. The molecule has 0 aliphatic heterocycles. The Morgan fingerprint density at radius 3 is 1.80 bits per heavy atom. The summed E-state index contributed by atoms with van der Waals surface area (Å²) in [6.07, 6.45) is 8.21. The van der Waals surface area contributed by atoms with E-state index in [9.17, 15) is 0 Å². The van der Waals surface area contributed by atoms with Gasteiger partial charge in [0, 0.05) is 6.15 Å². The Morgan fingerprint density at radius 2 is 1.45 bits per heavy atom. The zero-order valence-electron chi connectivity index (χ0n) is 15.3. The summed E-state index contributed by atoms with van der Waals surface area (Å²) in [5.41, 5.74) is 1.31. The van der Waals surface area contributed by atoms with Crippen molar-refractivity contribution in [3.05, 3.63) is 12.1 Å². The van der Waals surface area contributed by atoms with Crippen LogP contribution in [0.2, 0.25) is 11.6 Å². The van der Waals surface area contributed by atoms with Gasteiger partial charge in [0.2, 0.25) is 0 Å². The Hall–Kier alpha value is 0.155. The van der Waals surface area contributed by atoms with E-state index in [2.05, 4.69) is 66.8 Å². The molecule has 0 aromatic carbocycles. The number of unbranched alkanes of at least 4 members (excludes halogenated alkanes) is 2. The minimum Gasteiger partial charge on any atom is -0.248 e. The third-order valence-electron chi connectivity index (χ3n) is 5.74. The molecule has 2 unspecified atom stereocenters. The topological polar surface area (TPSA) is 0 Å². The van der Waals surface area contributed by atoms with E-state index in [-0.39, 0.29) is 0 Å². The van der Waals surface area contributed by atoms with E-state index in [1.165, 1.54) is 24.9 Å². The fourth-order valence-electron chi connectivity index (χ4n) is 3.58. The first-order valence-electron chi connectivity index (χ1n) is 8.68. The highest BCUT2D eigenvalue weighted by atomic mass is 32.2. The summed E-state index contributed by atoms with van der Waals surface area (Å²) in [5.74, 6) is 5.76. The lowest BCUT2D eigenvalue weighted by molar-refractivity contribution is 0.553. The summed E-state index contributed by atoms with van der Waals surface area (Å²) >= 11 is 2.04. The highest BCUT2D eigenvalue weighted by Gasteiger charge is 2.35. The molecule has 2 atom stereocenters. The van der Waals surface area contributed by atoms with Crippen molar-refractivity contribution in [2.75, 3.05) is 11.9 Å². The van der Waals surface area contributed by atoms with Gasteiger partial charge in [-0.05, 0) is 12.7 Å². The van der Waals surface area contributed by atoms with Crippen LogP contribution in [0.5, 0.6) is 0 Å². The second-order valence-corrected chi connectivity index (χ2v) is 8.43. The van der Waals surface area contributed by atoms with Gasteiger partial charge in [0.25, 0.3) is 0 Å². The van der Waals surface area contributed by atoms with Gasteiger partial charge in [-0.3, -0.25) is 0 Å². The third kappa shape index (κ3) is 5.50. The maximum Gasteiger partial charge on any atom is 0.0358 e. The minimum atomic E-state index is -0.440. The molecule has 2 heteroatoms. The zero-order chi connectivity index (χ0) is 15.8. The van der Waals surface area contributed by atoms with Gasteiger partial charge in [-0.25, -0.2) is 17.7 Å². The molecule has 0 saturated heterocycles. The normalized spacial score (nSPS) is 18.7. The summed E-state index contributed by atoms with van der Waals surface area (Å²) in [7, 11) is 0. The second-order valence-electron chi connectivity index (χ2n) is 7.52. The van der Waals surface area contributed by atoms with Crippen molar-refractivity contribution in [2.45, 2.75) is 79.4 Å². The average molecular weight is 297 g/mol. The highest BCUT2D eigenvalue weighted by Crippen LogP contribution is 2.43. The van der Waals surface area contributed by atoms with Gasteiger partial charge in [-0.1, -0.05) is 73.1 Å². The van der Waals surface area contributed by atoms with Crippen LogP contribution in [0.1, 0.15) is 67.7 Å². The molecule has 0 fully saturated rings. The summed E-state index contributed by atoms with van der Waals surface area (Å²) in [6, 6.07) is 0. The van der Waals surface area contributed by atoms with Crippen LogP contribution in [0.25, 0.3) is 0 Å². The Kier molecular flexibility index (Phi) is 10.1. The predicted molar refractivity (Wildman–Crippen MR) is 101 cm³/mol. The number of hydrogen-bond acceptors (Lipinski definition) is 1. The number of hydrogen-bond donors (Lipinski definition) is 0. The molecule has 0 saturated carbocycles. The van der Waals surface area contributed by atoms with Crippen LogP contribution in [0.15, 0.2) is 12.1 Å². The fourth-order valence-corrected chi connectivity index (χ4v) is 4.88. The van der Waals surface area contributed by atoms with E-state index in [4.69, 9.17) is 0 Å². The van der Waals surface area contributed by atoms with E-state index in [0.29, 0.717) is 0 Å².